The number of aromatic hydroxyl groups is 1. The van der Waals surface area contributed by atoms with Crippen molar-refractivity contribution in [2.45, 2.75) is 53.2 Å². The summed E-state index contributed by atoms with van der Waals surface area (Å²) in [6.07, 6.45) is 2.06. The molecular weight excluding hydrogens is 416 g/mol. The predicted molar refractivity (Wildman–Crippen MR) is 130 cm³/mol. The fraction of sp³-hybridized carbons (Fsp3) is 0.296. The van der Waals surface area contributed by atoms with Gasteiger partial charge in [-0.3, -0.25) is 4.98 Å². The van der Waals surface area contributed by atoms with Gasteiger partial charge in [0.05, 0.1) is 16.5 Å². The zero-order valence-corrected chi connectivity index (χ0v) is 19.7. The molecule has 0 radical (unpaired) electrons. The Morgan fingerprint density at radius 1 is 1.00 bits per heavy atom. The first kappa shape index (κ1) is 22.7. The Hall–Kier alpha value is -3.51. The highest BCUT2D eigenvalue weighted by molar-refractivity contribution is 6.12. The number of aromatic nitrogens is 2. The van der Waals surface area contributed by atoms with Crippen molar-refractivity contribution in [1.82, 2.24) is 9.97 Å². The Morgan fingerprint density at radius 2 is 1.67 bits per heavy atom. The number of aryl methyl sites for hydroxylation is 3. The molecule has 6 nitrogen and oxygen atoms in total. The summed E-state index contributed by atoms with van der Waals surface area (Å²) in [5.74, 6) is -1.21. The van der Waals surface area contributed by atoms with Gasteiger partial charge >= 0.3 is 5.97 Å². The molecule has 0 bridgehead atoms. The number of hydrogen-bond donors (Lipinski definition) is 2. The third-order valence-electron chi connectivity index (χ3n) is 5.86. The van der Waals surface area contributed by atoms with E-state index in [2.05, 4.69) is 9.97 Å². The molecule has 0 fully saturated rings. The summed E-state index contributed by atoms with van der Waals surface area (Å²) in [6, 6.07) is 9.87. The minimum atomic E-state index is -1.21. The summed E-state index contributed by atoms with van der Waals surface area (Å²) in [4.78, 5) is 21.1. The van der Waals surface area contributed by atoms with Gasteiger partial charge in [0.15, 0.2) is 6.10 Å². The van der Waals surface area contributed by atoms with Crippen LogP contribution >= 0.6 is 0 Å². The number of aliphatic carboxylic acids is 1. The average Bonchev–Trinajstić information content (AvgIpc) is 2.74. The Morgan fingerprint density at radius 3 is 2.27 bits per heavy atom. The lowest BCUT2D eigenvalue weighted by Gasteiger charge is -2.29. The minimum Gasteiger partial charge on any atom is -0.493 e. The maximum atomic E-state index is 12.5. The van der Waals surface area contributed by atoms with Crippen molar-refractivity contribution < 1.29 is 19.7 Å². The number of carbonyl (C=O) groups is 1. The first-order valence-corrected chi connectivity index (χ1v) is 10.9. The van der Waals surface area contributed by atoms with Gasteiger partial charge in [0.1, 0.15) is 0 Å². The smallest absolute Gasteiger partial charge is 0.337 e. The van der Waals surface area contributed by atoms with Crippen molar-refractivity contribution in [2.24, 2.45) is 0 Å². The molecule has 0 saturated heterocycles. The fourth-order valence-corrected chi connectivity index (χ4v) is 4.44. The summed E-state index contributed by atoms with van der Waals surface area (Å²) in [6.45, 7) is 11.3. The van der Waals surface area contributed by atoms with E-state index in [0.29, 0.717) is 22.0 Å². The second kappa shape index (κ2) is 8.12. The van der Waals surface area contributed by atoms with Crippen LogP contribution < -0.4 is 0 Å². The maximum Gasteiger partial charge on any atom is 0.337 e. The Kier molecular flexibility index (Phi) is 5.58. The van der Waals surface area contributed by atoms with Crippen molar-refractivity contribution in [3.05, 3.63) is 65.0 Å². The van der Waals surface area contributed by atoms with Gasteiger partial charge in [0.2, 0.25) is 5.88 Å². The highest BCUT2D eigenvalue weighted by Gasteiger charge is 2.33. The van der Waals surface area contributed by atoms with E-state index in [1.807, 2.05) is 71.9 Å². The van der Waals surface area contributed by atoms with Gasteiger partial charge in [0.25, 0.3) is 0 Å². The van der Waals surface area contributed by atoms with Gasteiger partial charge in [-0.25, -0.2) is 9.78 Å². The molecule has 0 aliphatic carbocycles. The van der Waals surface area contributed by atoms with E-state index >= 15 is 0 Å². The molecule has 6 heteroatoms. The molecule has 4 rings (SSSR count). The SMILES string of the molecule is Cc1ccc(-c2c([C@H](OC(C)(C)C)C(=O)O)c(C)c3nc(O)c4cnccc4c3c2C)cc1. The molecule has 4 aromatic rings. The van der Waals surface area contributed by atoms with Crippen molar-refractivity contribution in [3.8, 4) is 17.0 Å². The van der Waals surface area contributed by atoms with Gasteiger partial charge in [-0.1, -0.05) is 29.8 Å². The number of carboxylic acid groups (broad SMARTS) is 1. The number of pyridine rings is 2. The number of ether oxygens (including phenoxy) is 1. The fourth-order valence-electron chi connectivity index (χ4n) is 4.44. The number of nitrogens with zero attached hydrogens (tertiary/aromatic N) is 2. The topological polar surface area (TPSA) is 92.5 Å². The lowest BCUT2D eigenvalue weighted by molar-refractivity contribution is -0.160. The Bertz CT molecular complexity index is 1390. The molecule has 0 aliphatic rings. The van der Waals surface area contributed by atoms with Crippen LogP contribution in [0.25, 0.3) is 32.8 Å². The van der Waals surface area contributed by atoms with Gasteiger partial charge in [-0.05, 0) is 75.2 Å². The third kappa shape index (κ3) is 4.02. The van der Waals surface area contributed by atoms with Crippen LogP contribution in [0, 0.1) is 20.8 Å². The molecule has 2 heterocycles. The molecule has 0 aliphatic heterocycles. The Balaban J connectivity index is 2.21. The van der Waals surface area contributed by atoms with Crippen molar-refractivity contribution in [3.63, 3.8) is 0 Å². The predicted octanol–water partition coefficient (Wildman–Crippen LogP) is 6.02. The second-order valence-electron chi connectivity index (χ2n) is 9.43. The highest BCUT2D eigenvalue weighted by atomic mass is 16.5. The van der Waals surface area contributed by atoms with Crippen molar-refractivity contribution in [2.75, 3.05) is 0 Å². The second-order valence-corrected chi connectivity index (χ2v) is 9.43. The third-order valence-corrected chi connectivity index (χ3v) is 5.86. The van der Waals surface area contributed by atoms with E-state index in [4.69, 9.17) is 4.74 Å². The number of benzene rings is 2. The minimum absolute atomic E-state index is 0.134. The molecule has 33 heavy (non-hydrogen) atoms. The van der Waals surface area contributed by atoms with Crippen LogP contribution in [-0.4, -0.2) is 31.8 Å². The van der Waals surface area contributed by atoms with E-state index in [9.17, 15) is 15.0 Å². The molecule has 2 N–H and O–H groups in total. The van der Waals surface area contributed by atoms with E-state index in [1.165, 1.54) is 0 Å². The molecule has 1 atom stereocenters. The number of fused-ring (bicyclic) bond motifs is 3. The van der Waals surface area contributed by atoms with Gasteiger partial charge < -0.3 is 14.9 Å². The zero-order valence-electron chi connectivity index (χ0n) is 19.7. The van der Waals surface area contributed by atoms with Crippen LogP contribution in [0.15, 0.2) is 42.7 Å². The highest BCUT2D eigenvalue weighted by Crippen LogP contribution is 2.44. The van der Waals surface area contributed by atoms with E-state index in [1.54, 1.807) is 12.4 Å². The molecule has 0 spiro atoms. The van der Waals surface area contributed by atoms with Gasteiger partial charge in [0, 0.05) is 23.3 Å². The van der Waals surface area contributed by atoms with Crippen molar-refractivity contribution in [1.29, 1.82) is 0 Å². The van der Waals surface area contributed by atoms with Gasteiger partial charge in [-0.15, -0.1) is 0 Å². The average molecular weight is 445 g/mol. The van der Waals surface area contributed by atoms with Crippen LogP contribution in [0.5, 0.6) is 5.88 Å². The maximum absolute atomic E-state index is 12.5. The molecule has 2 aromatic heterocycles. The molecule has 0 unspecified atom stereocenters. The largest absolute Gasteiger partial charge is 0.493 e. The Labute approximate surface area is 192 Å². The first-order chi connectivity index (χ1) is 15.5. The number of hydrogen-bond acceptors (Lipinski definition) is 5. The molecule has 170 valence electrons. The first-order valence-electron chi connectivity index (χ1n) is 10.9. The van der Waals surface area contributed by atoms with Crippen LogP contribution in [0.4, 0.5) is 0 Å². The molecule has 0 saturated carbocycles. The normalized spacial score (nSPS) is 12.9. The van der Waals surface area contributed by atoms with E-state index < -0.39 is 17.7 Å². The van der Waals surface area contributed by atoms with Crippen LogP contribution in [0.3, 0.4) is 0 Å². The zero-order chi connectivity index (χ0) is 24.1. The number of carboxylic acids is 1. The summed E-state index contributed by atoms with van der Waals surface area (Å²) >= 11 is 0. The summed E-state index contributed by atoms with van der Waals surface area (Å²) in [5.41, 5.74) is 4.77. The van der Waals surface area contributed by atoms with Crippen LogP contribution in [-0.2, 0) is 9.53 Å². The number of rotatable bonds is 4. The van der Waals surface area contributed by atoms with Crippen molar-refractivity contribution >= 4 is 27.6 Å². The molecule has 0 amide bonds. The summed E-state index contributed by atoms with van der Waals surface area (Å²) < 4.78 is 6.07. The van der Waals surface area contributed by atoms with Gasteiger partial charge in [-0.2, -0.15) is 0 Å². The lowest BCUT2D eigenvalue weighted by Crippen LogP contribution is -2.28. The standard InChI is InChI=1S/C27H28N2O4/c1-14-7-9-17(10-8-14)20-15(2)21-18-11-12-28-13-19(18)25(30)29-23(21)16(3)22(20)24(26(31)32)33-27(4,5)6/h7-13,24H,1-6H3,(H,29,30)(H,31,32)/t24-/m0/s1. The van der Waals surface area contributed by atoms with E-state index in [-0.39, 0.29) is 5.88 Å². The van der Waals surface area contributed by atoms with E-state index in [0.717, 1.165) is 33.0 Å². The van der Waals surface area contributed by atoms with Crippen LogP contribution in [0.1, 0.15) is 49.1 Å². The van der Waals surface area contributed by atoms with Crippen LogP contribution in [0.2, 0.25) is 0 Å². The lowest BCUT2D eigenvalue weighted by atomic mass is 9.84. The summed E-state index contributed by atoms with van der Waals surface area (Å²) in [7, 11) is 0. The quantitative estimate of drug-likeness (QED) is 0.374. The molecule has 2 aromatic carbocycles. The monoisotopic (exact) mass is 444 g/mol. The summed E-state index contributed by atoms with van der Waals surface area (Å²) in [5, 5.41) is 23.1. The molecular formula is C27H28N2O4.